The molecule has 0 radical (unpaired) electrons. The molecule has 16 heavy (non-hydrogen) atoms. The highest BCUT2D eigenvalue weighted by molar-refractivity contribution is 6.31. The predicted octanol–water partition coefficient (Wildman–Crippen LogP) is 3.49. The van der Waals surface area contributed by atoms with Crippen molar-refractivity contribution in [1.29, 1.82) is 0 Å². The van der Waals surface area contributed by atoms with E-state index in [2.05, 4.69) is 0 Å². The van der Waals surface area contributed by atoms with Gasteiger partial charge in [0, 0.05) is 6.07 Å². The van der Waals surface area contributed by atoms with E-state index in [4.69, 9.17) is 11.6 Å². The molecule has 0 aromatic heterocycles. The molecule has 1 aromatic rings. The van der Waals surface area contributed by atoms with Crippen LogP contribution in [-0.2, 0) is 6.42 Å². The van der Waals surface area contributed by atoms with E-state index in [0.717, 1.165) is 6.07 Å². The second kappa shape index (κ2) is 4.25. The van der Waals surface area contributed by atoms with Crippen molar-refractivity contribution in [2.45, 2.75) is 12.6 Å². The Bertz CT molecular complexity index is 433. The molecule has 0 atom stereocenters. The lowest BCUT2D eigenvalue weighted by Gasteiger charge is -2.07. The van der Waals surface area contributed by atoms with Crippen molar-refractivity contribution in [3.05, 3.63) is 38.7 Å². The van der Waals surface area contributed by atoms with E-state index in [-0.39, 0.29) is 0 Å². The molecule has 8 heteroatoms. The summed E-state index contributed by atoms with van der Waals surface area (Å²) in [5.74, 6) is -1.34. The van der Waals surface area contributed by atoms with E-state index in [1.54, 1.807) is 0 Å². The molecule has 0 spiro atoms. The number of benzene rings is 1. The summed E-state index contributed by atoms with van der Waals surface area (Å²) >= 11 is 5.25. The smallest absolute Gasteiger partial charge is 0.258 e. The minimum atomic E-state index is -4.53. The van der Waals surface area contributed by atoms with Gasteiger partial charge in [0.05, 0.1) is 16.4 Å². The Kier molecular flexibility index (Phi) is 3.37. The van der Waals surface area contributed by atoms with E-state index in [1.807, 2.05) is 0 Å². The maximum Gasteiger partial charge on any atom is 0.393 e. The highest BCUT2D eigenvalue weighted by Crippen LogP contribution is 2.30. The molecule has 3 nitrogen and oxygen atoms in total. The lowest BCUT2D eigenvalue weighted by molar-refractivity contribution is -0.387. The third kappa shape index (κ3) is 3.06. The maximum absolute atomic E-state index is 13.0. The first-order valence-corrected chi connectivity index (χ1v) is 4.27. The van der Waals surface area contributed by atoms with Gasteiger partial charge in [0.15, 0.2) is 0 Å². The molecule has 0 fully saturated rings. The normalized spacial score (nSPS) is 11.6. The number of hydrogen-bond acceptors (Lipinski definition) is 2. The number of rotatable bonds is 2. The molecule has 1 rings (SSSR count). The van der Waals surface area contributed by atoms with Gasteiger partial charge in [-0.15, -0.1) is 0 Å². The first kappa shape index (κ1) is 12.7. The standard InChI is InChI=1S/C8H4ClF4NO2/c9-5-1-4(3-8(11,12)13)2-6(7(5)10)14(15)16/h1-2H,3H2. The van der Waals surface area contributed by atoms with Crippen LogP contribution in [0.3, 0.4) is 0 Å². The first-order valence-electron chi connectivity index (χ1n) is 3.90. The van der Waals surface area contributed by atoms with Crippen LogP contribution in [0.2, 0.25) is 5.02 Å². The Morgan fingerprint density at radius 2 is 1.94 bits per heavy atom. The van der Waals surface area contributed by atoms with Gasteiger partial charge in [-0.2, -0.15) is 17.6 Å². The predicted molar refractivity (Wildman–Crippen MR) is 47.8 cm³/mol. The molecule has 0 saturated heterocycles. The van der Waals surface area contributed by atoms with Gasteiger partial charge in [0.2, 0.25) is 5.82 Å². The SMILES string of the molecule is O=[N+]([O-])c1cc(CC(F)(F)F)cc(Cl)c1F. The van der Waals surface area contributed by atoms with Gasteiger partial charge in [0.1, 0.15) is 0 Å². The van der Waals surface area contributed by atoms with Gasteiger partial charge in [-0.25, -0.2) is 0 Å². The van der Waals surface area contributed by atoms with E-state index < -0.39 is 39.6 Å². The minimum absolute atomic E-state index is 0.453. The summed E-state index contributed by atoms with van der Waals surface area (Å²) in [4.78, 5) is 9.19. The molecule has 0 heterocycles. The van der Waals surface area contributed by atoms with Crippen LogP contribution < -0.4 is 0 Å². The second-order valence-electron chi connectivity index (χ2n) is 2.96. The van der Waals surface area contributed by atoms with Crippen molar-refractivity contribution in [2.24, 2.45) is 0 Å². The number of halogens is 5. The summed E-state index contributed by atoms with van der Waals surface area (Å²) in [6.45, 7) is 0. The zero-order chi connectivity index (χ0) is 12.5. The molecular formula is C8H4ClF4NO2. The summed E-state index contributed by atoms with van der Waals surface area (Å²) in [6, 6.07) is 1.24. The lowest BCUT2D eigenvalue weighted by Crippen LogP contribution is -2.12. The molecule has 0 bridgehead atoms. The van der Waals surface area contributed by atoms with Gasteiger partial charge in [0.25, 0.3) is 0 Å². The molecular weight excluding hydrogens is 254 g/mol. The van der Waals surface area contributed by atoms with E-state index >= 15 is 0 Å². The summed E-state index contributed by atoms with van der Waals surface area (Å²) in [5.41, 5.74) is -1.52. The summed E-state index contributed by atoms with van der Waals surface area (Å²) in [5, 5.41) is 9.62. The van der Waals surface area contributed by atoms with Crippen molar-refractivity contribution in [3.8, 4) is 0 Å². The van der Waals surface area contributed by atoms with E-state index in [9.17, 15) is 27.7 Å². The van der Waals surface area contributed by atoms with E-state index in [0.29, 0.717) is 6.07 Å². The van der Waals surface area contributed by atoms with Crippen molar-refractivity contribution in [2.75, 3.05) is 0 Å². The van der Waals surface area contributed by atoms with Crippen LogP contribution >= 0.6 is 11.6 Å². The zero-order valence-electron chi connectivity index (χ0n) is 7.52. The number of alkyl halides is 3. The fourth-order valence-corrected chi connectivity index (χ4v) is 1.33. The van der Waals surface area contributed by atoms with Crippen molar-refractivity contribution in [1.82, 2.24) is 0 Å². The molecule has 1 aromatic carbocycles. The topological polar surface area (TPSA) is 43.1 Å². The Morgan fingerprint density at radius 1 is 1.38 bits per heavy atom. The molecule has 0 amide bonds. The zero-order valence-corrected chi connectivity index (χ0v) is 8.27. The van der Waals surface area contributed by atoms with Crippen LogP contribution in [0.5, 0.6) is 0 Å². The fourth-order valence-electron chi connectivity index (χ4n) is 1.10. The van der Waals surface area contributed by atoms with Crippen LogP contribution in [-0.4, -0.2) is 11.1 Å². The summed E-state index contributed by atoms with van der Waals surface area (Å²) < 4.78 is 49.0. The Labute approximate surface area is 91.8 Å². The highest BCUT2D eigenvalue weighted by atomic mass is 35.5. The average Bonchev–Trinajstić information content (AvgIpc) is 2.07. The van der Waals surface area contributed by atoms with Gasteiger partial charge in [-0.05, 0) is 11.6 Å². The number of nitro groups is 1. The Hall–Kier alpha value is -1.37. The number of nitrogens with zero attached hydrogens (tertiary/aromatic N) is 1. The van der Waals surface area contributed by atoms with Crippen LogP contribution in [0.15, 0.2) is 12.1 Å². The van der Waals surface area contributed by atoms with Gasteiger partial charge in [-0.1, -0.05) is 11.6 Å². The van der Waals surface area contributed by atoms with Crippen LogP contribution in [0.1, 0.15) is 5.56 Å². The molecule has 0 aliphatic heterocycles. The third-order valence-electron chi connectivity index (χ3n) is 1.67. The monoisotopic (exact) mass is 257 g/mol. The van der Waals surface area contributed by atoms with Gasteiger partial charge >= 0.3 is 11.9 Å². The highest BCUT2D eigenvalue weighted by Gasteiger charge is 2.30. The maximum atomic E-state index is 13.0. The quantitative estimate of drug-likeness (QED) is 0.462. The number of nitro benzene ring substituents is 1. The van der Waals surface area contributed by atoms with Crippen LogP contribution in [0.25, 0.3) is 0 Å². The van der Waals surface area contributed by atoms with Crippen molar-refractivity contribution >= 4 is 17.3 Å². The van der Waals surface area contributed by atoms with Crippen LogP contribution in [0, 0.1) is 15.9 Å². The lowest BCUT2D eigenvalue weighted by atomic mass is 10.1. The third-order valence-corrected chi connectivity index (χ3v) is 1.95. The molecule has 0 N–H and O–H groups in total. The molecule has 0 aliphatic rings. The average molecular weight is 258 g/mol. The Morgan fingerprint density at radius 3 is 2.38 bits per heavy atom. The number of hydrogen-bond donors (Lipinski definition) is 0. The van der Waals surface area contributed by atoms with Gasteiger partial charge in [-0.3, -0.25) is 10.1 Å². The minimum Gasteiger partial charge on any atom is -0.258 e. The van der Waals surface area contributed by atoms with Crippen molar-refractivity contribution < 1.29 is 22.5 Å². The largest absolute Gasteiger partial charge is 0.393 e. The Balaban J connectivity index is 3.19. The summed E-state index contributed by atoms with van der Waals surface area (Å²) in [6.07, 6.45) is -5.93. The molecule has 0 aliphatic carbocycles. The van der Waals surface area contributed by atoms with Crippen molar-refractivity contribution in [3.63, 3.8) is 0 Å². The van der Waals surface area contributed by atoms with Crippen LogP contribution in [0.4, 0.5) is 23.2 Å². The molecule has 0 unspecified atom stereocenters. The van der Waals surface area contributed by atoms with E-state index in [1.165, 1.54) is 0 Å². The summed E-state index contributed by atoms with van der Waals surface area (Å²) in [7, 11) is 0. The van der Waals surface area contributed by atoms with Gasteiger partial charge < -0.3 is 0 Å². The molecule has 88 valence electrons. The second-order valence-corrected chi connectivity index (χ2v) is 3.37. The first-order chi connectivity index (χ1) is 7.20. The molecule has 0 saturated carbocycles. The fraction of sp³-hybridized carbons (Fsp3) is 0.250.